The standard InChI is InChI=1S/C28H25ClFNO4/c1-2-17-35-23-13-7-20(8-14-23)26(32)24-25(19-5-9-21(29)10-6-19)31(28(34)27(24)33)16-15-18-3-11-22(30)12-4-18/h3-14,25,32H,2,15-17H2,1H3/b26-24-. The molecule has 0 aromatic heterocycles. The Morgan fingerprint density at radius 2 is 1.66 bits per heavy atom. The number of aliphatic hydroxyl groups excluding tert-OH is 1. The molecule has 5 nitrogen and oxygen atoms in total. The van der Waals surface area contributed by atoms with Crippen LogP contribution in [0, 0.1) is 5.82 Å². The number of amides is 1. The zero-order valence-electron chi connectivity index (χ0n) is 19.2. The molecule has 1 saturated heterocycles. The zero-order valence-corrected chi connectivity index (χ0v) is 20.0. The molecule has 0 spiro atoms. The quantitative estimate of drug-likeness (QED) is 0.240. The highest BCUT2D eigenvalue weighted by molar-refractivity contribution is 6.46. The van der Waals surface area contributed by atoms with Crippen LogP contribution in [0.15, 0.2) is 78.4 Å². The molecule has 1 amide bonds. The highest BCUT2D eigenvalue weighted by atomic mass is 35.5. The van der Waals surface area contributed by atoms with Gasteiger partial charge in [-0.2, -0.15) is 0 Å². The predicted molar refractivity (Wildman–Crippen MR) is 133 cm³/mol. The van der Waals surface area contributed by atoms with E-state index in [1.807, 2.05) is 6.92 Å². The zero-order chi connectivity index (χ0) is 24.9. The largest absolute Gasteiger partial charge is 0.507 e. The van der Waals surface area contributed by atoms with Crippen LogP contribution in [0.4, 0.5) is 4.39 Å². The summed E-state index contributed by atoms with van der Waals surface area (Å²) in [5.41, 5.74) is 1.89. The van der Waals surface area contributed by atoms with Crippen molar-refractivity contribution in [3.63, 3.8) is 0 Å². The van der Waals surface area contributed by atoms with Gasteiger partial charge in [-0.3, -0.25) is 9.59 Å². The van der Waals surface area contributed by atoms with Gasteiger partial charge in [-0.1, -0.05) is 42.8 Å². The third-order valence-electron chi connectivity index (χ3n) is 5.88. The number of halogens is 2. The Bertz CT molecular complexity index is 1240. The minimum atomic E-state index is -0.788. The number of hydrogen-bond donors (Lipinski definition) is 1. The van der Waals surface area contributed by atoms with Crippen molar-refractivity contribution < 1.29 is 23.8 Å². The Hall–Kier alpha value is -3.64. The minimum absolute atomic E-state index is 0.0126. The van der Waals surface area contributed by atoms with E-state index in [9.17, 15) is 19.1 Å². The molecule has 3 aromatic carbocycles. The van der Waals surface area contributed by atoms with Gasteiger partial charge in [0.05, 0.1) is 18.2 Å². The molecule has 1 aliphatic rings. The van der Waals surface area contributed by atoms with Gasteiger partial charge < -0.3 is 14.7 Å². The van der Waals surface area contributed by atoms with Gasteiger partial charge in [-0.05, 0) is 72.5 Å². The lowest BCUT2D eigenvalue weighted by Crippen LogP contribution is -2.31. The topological polar surface area (TPSA) is 66.8 Å². The third kappa shape index (κ3) is 5.38. The lowest BCUT2D eigenvalue weighted by atomic mass is 9.95. The number of ketones is 1. The minimum Gasteiger partial charge on any atom is -0.507 e. The second kappa shape index (κ2) is 10.7. The number of carbonyl (C=O) groups is 2. The first-order chi connectivity index (χ1) is 16.9. The van der Waals surface area contributed by atoms with Crippen molar-refractivity contribution in [1.29, 1.82) is 0 Å². The monoisotopic (exact) mass is 493 g/mol. The predicted octanol–water partition coefficient (Wildman–Crippen LogP) is 5.93. The first kappa shape index (κ1) is 24.5. The molecule has 4 rings (SSSR count). The summed E-state index contributed by atoms with van der Waals surface area (Å²) in [6, 6.07) is 18.8. The maximum Gasteiger partial charge on any atom is 0.295 e. The van der Waals surface area contributed by atoms with E-state index in [-0.39, 0.29) is 23.7 Å². The van der Waals surface area contributed by atoms with Gasteiger partial charge in [0.25, 0.3) is 11.7 Å². The molecule has 0 saturated carbocycles. The summed E-state index contributed by atoms with van der Waals surface area (Å²) in [5.74, 6) is -1.40. The molecule has 1 N–H and O–H groups in total. The number of rotatable bonds is 8. The average molecular weight is 494 g/mol. The number of Topliss-reactive ketones (excluding diaryl/α,β-unsaturated/α-hetero) is 1. The van der Waals surface area contributed by atoms with Crippen LogP contribution in [0.2, 0.25) is 5.02 Å². The van der Waals surface area contributed by atoms with E-state index in [1.54, 1.807) is 60.7 Å². The fraction of sp³-hybridized carbons (Fsp3) is 0.214. The molecule has 7 heteroatoms. The Balaban J connectivity index is 1.71. The van der Waals surface area contributed by atoms with E-state index in [0.29, 0.717) is 34.9 Å². The Labute approximate surface area is 208 Å². The van der Waals surface area contributed by atoms with Gasteiger partial charge in [0.15, 0.2) is 0 Å². The Kier molecular flexibility index (Phi) is 7.51. The molecule has 0 radical (unpaired) electrons. The normalized spacial score (nSPS) is 17.1. The third-order valence-corrected chi connectivity index (χ3v) is 6.13. The maximum absolute atomic E-state index is 13.3. The molecule has 180 valence electrons. The summed E-state index contributed by atoms with van der Waals surface area (Å²) >= 11 is 6.06. The average Bonchev–Trinajstić information content (AvgIpc) is 3.12. The molecule has 35 heavy (non-hydrogen) atoms. The molecule has 1 atom stereocenters. The lowest BCUT2D eigenvalue weighted by Gasteiger charge is -2.25. The van der Waals surface area contributed by atoms with E-state index in [2.05, 4.69) is 0 Å². The summed E-state index contributed by atoms with van der Waals surface area (Å²) < 4.78 is 18.9. The number of aliphatic hydroxyl groups is 1. The summed E-state index contributed by atoms with van der Waals surface area (Å²) in [6.45, 7) is 2.79. The number of carbonyl (C=O) groups excluding carboxylic acids is 2. The van der Waals surface area contributed by atoms with Gasteiger partial charge in [-0.15, -0.1) is 0 Å². The van der Waals surface area contributed by atoms with Gasteiger partial charge in [0, 0.05) is 17.1 Å². The molecule has 0 bridgehead atoms. The molecular formula is C28H25ClFNO4. The highest BCUT2D eigenvalue weighted by Crippen LogP contribution is 2.40. The Morgan fingerprint density at radius 1 is 1.00 bits per heavy atom. The van der Waals surface area contributed by atoms with Gasteiger partial charge >= 0.3 is 0 Å². The maximum atomic E-state index is 13.3. The van der Waals surface area contributed by atoms with Crippen LogP contribution in [0.1, 0.15) is 36.1 Å². The number of hydrogen-bond acceptors (Lipinski definition) is 4. The molecule has 3 aromatic rings. The fourth-order valence-corrected chi connectivity index (χ4v) is 4.21. The first-order valence-corrected chi connectivity index (χ1v) is 11.8. The molecule has 1 aliphatic heterocycles. The number of benzene rings is 3. The molecular weight excluding hydrogens is 469 g/mol. The fourth-order valence-electron chi connectivity index (χ4n) is 4.09. The molecule has 0 aliphatic carbocycles. The Morgan fingerprint density at radius 3 is 2.29 bits per heavy atom. The van der Waals surface area contributed by atoms with Crippen LogP contribution in [0.25, 0.3) is 5.76 Å². The number of nitrogens with zero attached hydrogens (tertiary/aromatic N) is 1. The van der Waals surface area contributed by atoms with Crippen molar-refractivity contribution in [1.82, 2.24) is 4.90 Å². The van der Waals surface area contributed by atoms with E-state index in [0.717, 1.165) is 12.0 Å². The molecule has 1 heterocycles. The lowest BCUT2D eigenvalue weighted by molar-refractivity contribution is -0.139. The second-order valence-corrected chi connectivity index (χ2v) is 8.73. The van der Waals surface area contributed by atoms with Crippen LogP contribution in [-0.4, -0.2) is 34.8 Å². The summed E-state index contributed by atoms with van der Waals surface area (Å²) in [4.78, 5) is 27.7. The van der Waals surface area contributed by atoms with Crippen LogP contribution in [0.5, 0.6) is 5.75 Å². The van der Waals surface area contributed by atoms with Crippen LogP contribution < -0.4 is 4.74 Å². The smallest absolute Gasteiger partial charge is 0.295 e. The van der Waals surface area contributed by atoms with Crippen LogP contribution in [-0.2, 0) is 16.0 Å². The summed E-state index contributed by atoms with van der Waals surface area (Å²) in [5, 5.41) is 11.7. The number of likely N-dealkylation sites (tertiary alicyclic amines) is 1. The van der Waals surface area contributed by atoms with E-state index in [1.165, 1.54) is 17.0 Å². The van der Waals surface area contributed by atoms with Crippen LogP contribution >= 0.6 is 11.6 Å². The van der Waals surface area contributed by atoms with Crippen molar-refractivity contribution >= 4 is 29.1 Å². The van der Waals surface area contributed by atoms with Gasteiger partial charge in [0.1, 0.15) is 17.3 Å². The van der Waals surface area contributed by atoms with Gasteiger partial charge in [0.2, 0.25) is 0 Å². The van der Waals surface area contributed by atoms with Crippen LogP contribution in [0.3, 0.4) is 0 Å². The SMILES string of the molecule is CCCOc1ccc(/C(O)=C2/C(=O)C(=O)N(CCc3ccc(F)cc3)C2c2ccc(Cl)cc2)cc1. The van der Waals surface area contributed by atoms with Crippen molar-refractivity contribution in [3.8, 4) is 5.75 Å². The number of ether oxygens (including phenoxy) is 1. The van der Waals surface area contributed by atoms with Crippen molar-refractivity contribution in [2.75, 3.05) is 13.2 Å². The van der Waals surface area contributed by atoms with Crippen molar-refractivity contribution in [2.24, 2.45) is 0 Å². The summed E-state index contributed by atoms with van der Waals surface area (Å²) in [6.07, 6.45) is 1.28. The highest BCUT2D eigenvalue weighted by Gasteiger charge is 2.45. The van der Waals surface area contributed by atoms with Crippen molar-refractivity contribution in [2.45, 2.75) is 25.8 Å². The molecule has 1 fully saturated rings. The summed E-state index contributed by atoms with van der Waals surface area (Å²) in [7, 11) is 0. The van der Waals surface area contributed by atoms with E-state index >= 15 is 0 Å². The second-order valence-electron chi connectivity index (χ2n) is 8.29. The van der Waals surface area contributed by atoms with Crippen molar-refractivity contribution in [3.05, 3.63) is 106 Å². The van der Waals surface area contributed by atoms with E-state index in [4.69, 9.17) is 16.3 Å². The van der Waals surface area contributed by atoms with Gasteiger partial charge in [-0.25, -0.2) is 4.39 Å². The van der Waals surface area contributed by atoms with E-state index < -0.39 is 17.7 Å². The molecule has 1 unspecified atom stereocenters. The first-order valence-electron chi connectivity index (χ1n) is 11.4.